The number of carbonyl (C=O) groups excluding carboxylic acids is 1. The van der Waals surface area contributed by atoms with Crippen LogP contribution in [0.15, 0.2) is 48.5 Å². The molecule has 2 fully saturated rings. The molecule has 9 nitrogen and oxygen atoms in total. The smallest absolute Gasteiger partial charge is 0.364 e. The maximum absolute atomic E-state index is 12.5. The van der Waals surface area contributed by atoms with Crippen LogP contribution in [-0.2, 0) is 20.8 Å². The van der Waals surface area contributed by atoms with E-state index in [1.165, 1.54) is 5.56 Å². The highest BCUT2D eigenvalue weighted by Crippen LogP contribution is 2.42. The Morgan fingerprint density at radius 2 is 1.69 bits per heavy atom. The Morgan fingerprint density at radius 1 is 1.03 bits per heavy atom. The molecule has 0 atom stereocenters. The average Bonchev–Trinajstić information content (AvgIpc) is 3.53. The third-order valence-corrected chi connectivity index (χ3v) is 6.78. The Bertz CT molecular complexity index is 1160. The molecule has 36 heavy (non-hydrogen) atoms. The Hall–Kier alpha value is -3.43. The van der Waals surface area contributed by atoms with Gasteiger partial charge in [-0.25, -0.2) is 9.48 Å². The fourth-order valence-electron chi connectivity index (χ4n) is 4.84. The third-order valence-electron chi connectivity index (χ3n) is 6.78. The van der Waals surface area contributed by atoms with Crippen molar-refractivity contribution in [3.63, 3.8) is 0 Å². The first-order chi connectivity index (χ1) is 17.6. The van der Waals surface area contributed by atoms with Gasteiger partial charge in [-0.3, -0.25) is 0 Å². The molecule has 1 aliphatic heterocycles. The van der Waals surface area contributed by atoms with Crippen LogP contribution >= 0.6 is 0 Å². The lowest BCUT2D eigenvalue weighted by molar-refractivity contribution is -0.178. The number of carbonyl (C=O) groups is 1. The predicted molar refractivity (Wildman–Crippen MR) is 130 cm³/mol. The second-order valence-electron chi connectivity index (χ2n) is 9.02. The number of nitrogens with zero attached hydrogens (tertiary/aromatic N) is 3. The van der Waals surface area contributed by atoms with Gasteiger partial charge in [0.15, 0.2) is 5.79 Å². The molecule has 5 rings (SSSR count). The van der Waals surface area contributed by atoms with E-state index in [4.69, 9.17) is 23.7 Å². The molecule has 0 N–H and O–H groups in total. The summed E-state index contributed by atoms with van der Waals surface area (Å²) in [5.41, 5.74) is 2.26. The quantitative estimate of drug-likeness (QED) is 0.417. The van der Waals surface area contributed by atoms with Crippen molar-refractivity contribution in [2.45, 2.75) is 50.9 Å². The zero-order valence-corrected chi connectivity index (χ0v) is 20.6. The monoisotopic (exact) mass is 493 g/mol. The molecule has 1 aliphatic carbocycles. The van der Waals surface area contributed by atoms with Gasteiger partial charge >= 0.3 is 5.97 Å². The van der Waals surface area contributed by atoms with E-state index >= 15 is 0 Å². The number of esters is 1. The van der Waals surface area contributed by atoms with Crippen LogP contribution in [0.2, 0.25) is 0 Å². The molecule has 1 aromatic heterocycles. The summed E-state index contributed by atoms with van der Waals surface area (Å²) in [7, 11) is 1.62. The van der Waals surface area contributed by atoms with E-state index in [0.717, 1.165) is 37.0 Å². The molecule has 1 saturated heterocycles. The molecule has 0 radical (unpaired) electrons. The van der Waals surface area contributed by atoms with Crippen LogP contribution in [0.3, 0.4) is 0 Å². The number of ether oxygens (including phenoxy) is 5. The first-order valence-electron chi connectivity index (χ1n) is 12.4. The molecule has 2 heterocycles. The summed E-state index contributed by atoms with van der Waals surface area (Å²) in [6, 6.07) is 15.6. The zero-order chi connectivity index (χ0) is 25.0. The van der Waals surface area contributed by atoms with Gasteiger partial charge in [-0.05, 0) is 61.1 Å². The minimum Gasteiger partial charge on any atom is -0.497 e. The highest BCUT2D eigenvalue weighted by molar-refractivity contribution is 5.89. The number of hydrogen-bond acceptors (Lipinski definition) is 8. The fraction of sp³-hybridized carbons (Fsp3) is 0.444. The van der Waals surface area contributed by atoms with Gasteiger partial charge < -0.3 is 23.7 Å². The number of rotatable bonds is 8. The second-order valence-corrected chi connectivity index (χ2v) is 9.02. The number of benzene rings is 2. The number of hydrogen-bond donors (Lipinski definition) is 0. The van der Waals surface area contributed by atoms with Crippen molar-refractivity contribution in [3.05, 3.63) is 65.4 Å². The second kappa shape index (κ2) is 10.7. The SMILES string of the molecule is CCOC(=O)c1nnn(Cc2ccc(OC)cc2)c1Oc1ccc(C2CCC3(CC2)OCCO3)cc1. The fourth-order valence-corrected chi connectivity index (χ4v) is 4.84. The van der Waals surface area contributed by atoms with Crippen molar-refractivity contribution in [1.82, 2.24) is 15.0 Å². The first-order valence-corrected chi connectivity index (χ1v) is 12.4. The van der Waals surface area contributed by atoms with Gasteiger partial charge in [0.1, 0.15) is 11.5 Å². The van der Waals surface area contributed by atoms with Gasteiger partial charge in [-0.15, -0.1) is 5.10 Å². The molecule has 2 aliphatic rings. The highest BCUT2D eigenvalue weighted by atomic mass is 16.7. The van der Waals surface area contributed by atoms with E-state index in [1.54, 1.807) is 18.7 Å². The van der Waals surface area contributed by atoms with E-state index < -0.39 is 5.97 Å². The van der Waals surface area contributed by atoms with E-state index in [2.05, 4.69) is 22.4 Å². The largest absolute Gasteiger partial charge is 0.497 e. The molecular formula is C27H31N3O6. The standard InChI is InChI=1S/C27H31N3O6/c1-3-33-26(31)24-25(30(29-28-24)18-19-4-8-22(32-2)9-5-19)36-23-10-6-20(7-11-23)21-12-14-27(15-13-21)34-16-17-35-27/h4-11,21H,3,12-18H2,1-2H3. The predicted octanol–water partition coefficient (Wildman–Crippen LogP) is 4.70. The van der Waals surface area contributed by atoms with Gasteiger partial charge in [0, 0.05) is 12.8 Å². The molecule has 0 bridgehead atoms. The summed E-state index contributed by atoms with van der Waals surface area (Å²) >= 11 is 0. The summed E-state index contributed by atoms with van der Waals surface area (Å²) in [5, 5.41) is 8.22. The van der Waals surface area contributed by atoms with Crippen LogP contribution in [0.5, 0.6) is 17.4 Å². The Morgan fingerprint density at radius 3 is 2.33 bits per heavy atom. The first kappa shape index (κ1) is 24.3. The van der Waals surface area contributed by atoms with E-state index in [0.29, 0.717) is 31.4 Å². The van der Waals surface area contributed by atoms with Crippen LogP contribution < -0.4 is 9.47 Å². The molecule has 0 unspecified atom stereocenters. The lowest BCUT2D eigenvalue weighted by atomic mass is 9.81. The molecule has 1 saturated carbocycles. The van der Waals surface area contributed by atoms with Gasteiger partial charge in [-0.2, -0.15) is 0 Å². The lowest BCUT2D eigenvalue weighted by Gasteiger charge is -2.35. The van der Waals surface area contributed by atoms with Crippen molar-refractivity contribution < 1.29 is 28.5 Å². The minimum absolute atomic E-state index is 0.0450. The summed E-state index contributed by atoms with van der Waals surface area (Å²) in [5.74, 6) is 1.12. The highest BCUT2D eigenvalue weighted by Gasteiger charge is 2.40. The van der Waals surface area contributed by atoms with E-state index in [9.17, 15) is 4.79 Å². The topological polar surface area (TPSA) is 93.9 Å². The van der Waals surface area contributed by atoms with Crippen molar-refractivity contribution in [3.8, 4) is 17.4 Å². The summed E-state index contributed by atoms with van der Waals surface area (Å²) in [6.07, 6.45) is 3.86. The third kappa shape index (κ3) is 5.22. The molecule has 2 aromatic carbocycles. The molecular weight excluding hydrogens is 462 g/mol. The van der Waals surface area contributed by atoms with Crippen LogP contribution in [0.25, 0.3) is 0 Å². The maximum Gasteiger partial charge on any atom is 0.364 e. The van der Waals surface area contributed by atoms with Crippen LogP contribution in [0, 0.1) is 0 Å². The summed E-state index contributed by atoms with van der Waals surface area (Å²) in [6.45, 7) is 3.73. The van der Waals surface area contributed by atoms with Crippen molar-refractivity contribution in [2.24, 2.45) is 0 Å². The number of methoxy groups -OCH3 is 1. The van der Waals surface area contributed by atoms with Crippen LogP contribution in [0.1, 0.15) is 60.1 Å². The van der Waals surface area contributed by atoms with Gasteiger partial charge in [0.25, 0.3) is 5.88 Å². The molecule has 0 amide bonds. The van der Waals surface area contributed by atoms with E-state index in [1.807, 2.05) is 36.4 Å². The Labute approximate surface area is 210 Å². The van der Waals surface area contributed by atoms with E-state index in [-0.39, 0.29) is 24.0 Å². The van der Waals surface area contributed by atoms with Gasteiger partial charge in [0.05, 0.1) is 33.5 Å². The average molecular weight is 494 g/mol. The minimum atomic E-state index is -0.572. The van der Waals surface area contributed by atoms with Crippen LogP contribution in [-0.4, -0.2) is 53.7 Å². The Kier molecular flexibility index (Phi) is 7.20. The van der Waals surface area contributed by atoms with Crippen molar-refractivity contribution in [2.75, 3.05) is 26.9 Å². The zero-order valence-electron chi connectivity index (χ0n) is 20.6. The molecule has 1 spiro atoms. The van der Waals surface area contributed by atoms with Gasteiger partial charge in [-0.1, -0.05) is 29.5 Å². The van der Waals surface area contributed by atoms with Crippen LogP contribution in [0.4, 0.5) is 0 Å². The molecule has 3 aromatic rings. The van der Waals surface area contributed by atoms with Crippen molar-refractivity contribution >= 4 is 5.97 Å². The molecule has 9 heteroatoms. The lowest BCUT2D eigenvalue weighted by Crippen LogP contribution is -2.34. The van der Waals surface area contributed by atoms with Crippen molar-refractivity contribution in [1.29, 1.82) is 0 Å². The number of aromatic nitrogens is 3. The maximum atomic E-state index is 12.5. The summed E-state index contributed by atoms with van der Waals surface area (Å²) < 4.78 is 29.8. The molecule has 190 valence electrons. The van der Waals surface area contributed by atoms with Gasteiger partial charge in [0.2, 0.25) is 5.69 Å². The summed E-state index contributed by atoms with van der Waals surface area (Å²) in [4.78, 5) is 12.5. The normalized spacial score (nSPS) is 17.3. The Balaban J connectivity index is 1.32.